The molecular weight excluding hydrogens is 255 g/mol. The van der Waals surface area contributed by atoms with Gasteiger partial charge in [0, 0.05) is 19.1 Å². The van der Waals surface area contributed by atoms with Gasteiger partial charge in [-0.05, 0) is 36.6 Å². The minimum Gasteiger partial charge on any atom is -0.375 e. The SMILES string of the molecule is N#Cc1ccc(F)cc1CN1CCOC2CCCCC21. The number of benzene rings is 1. The first-order valence-electron chi connectivity index (χ1n) is 7.32. The molecule has 2 aliphatic rings. The van der Waals surface area contributed by atoms with Gasteiger partial charge in [0.2, 0.25) is 0 Å². The summed E-state index contributed by atoms with van der Waals surface area (Å²) >= 11 is 0. The van der Waals surface area contributed by atoms with Crippen molar-refractivity contribution in [1.29, 1.82) is 5.26 Å². The normalized spacial score (nSPS) is 26.8. The van der Waals surface area contributed by atoms with E-state index < -0.39 is 0 Å². The predicted molar refractivity (Wildman–Crippen MR) is 73.5 cm³/mol. The third-order valence-electron chi connectivity index (χ3n) is 4.41. The number of rotatable bonds is 2. The second-order valence-electron chi connectivity index (χ2n) is 5.64. The van der Waals surface area contributed by atoms with Crippen molar-refractivity contribution in [3.05, 3.63) is 35.1 Å². The van der Waals surface area contributed by atoms with E-state index in [0.717, 1.165) is 31.6 Å². The molecule has 0 amide bonds. The van der Waals surface area contributed by atoms with Crippen LogP contribution in [-0.4, -0.2) is 30.2 Å². The van der Waals surface area contributed by atoms with Gasteiger partial charge in [-0.3, -0.25) is 4.90 Å². The summed E-state index contributed by atoms with van der Waals surface area (Å²) in [6, 6.07) is 7.00. The van der Waals surface area contributed by atoms with Gasteiger partial charge in [-0.1, -0.05) is 12.8 Å². The van der Waals surface area contributed by atoms with Crippen molar-refractivity contribution in [2.45, 2.75) is 44.4 Å². The molecule has 0 radical (unpaired) electrons. The van der Waals surface area contributed by atoms with Gasteiger partial charge < -0.3 is 4.74 Å². The Morgan fingerprint density at radius 3 is 3.05 bits per heavy atom. The monoisotopic (exact) mass is 274 g/mol. The number of ether oxygens (including phenoxy) is 1. The van der Waals surface area contributed by atoms with Crippen molar-refractivity contribution in [2.75, 3.05) is 13.2 Å². The summed E-state index contributed by atoms with van der Waals surface area (Å²) in [6.07, 6.45) is 5.04. The highest BCUT2D eigenvalue weighted by Crippen LogP contribution is 2.29. The second kappa shape index (κ2) is 5.90. The van der Waals surface area contributed by atoms with Crippen LogP contribution in [0, 0.1) is 17.1 Å². The Morgan fingerprint density at radius 2 is 2.20 bits per heavy atom. The fourth-order valence-electron chi connectivity index (χ4n) is 3.39. The minimum atomic E-state index is -0.271. The topological polar surface area (TPSA) is 36.3 Å². The van der Waals surface area contributed by atoms with Crippen molar-refractivity contribution in [1.82, 2.24) is 4.90 Å². The average molecular weight is 274 g/mol. The number of nitrogens with zero attached hydrogens (tertiary/aromatic N) is 2. The fourth-order valence-corrected chi connectivity index (χ4v) is 3.39. The van der Waals surface area contributed by atoms with Gasteiger partial charge in [0.25, 0.3) is 0 Å². The van der Waals surface area contributed by atoms with E-state index in [1.807, 2.05) is 0 Å². The second-order valence-corrected chi connectivity index (χ2v) is 5.64. The van der Waals surface area contributed by atoms with Crippen molar-refractivity contribution >= 4 is 0 Å². The van der Waals surface area contributed by atoms with E-state index in [-0.39, 0.29) is 5.82 Å². The molecule has 2 fully saturated rings. The van der Waals surface area contributed by atoms with Gasteiger partial charge >= 0.3 is 0 Å². The molecule has 106 valence electrons. The number of halogens is 1. The first-order chi connectivity index (χ1) is 9.78. The van der Waals surface area contributed by atoms with Crippen LogP contribution < -0.4 is 0 Å². The van der Waals surface area contributed by atoms with Crippen molar-refractivity contribution in [2.24, 2.45) is 0 Å². The molecule has 2 atom stereocenters. The van der Waals surface area contributed by atoms with E-state index in [4.69, 9.17) is 10.00 Å². The van der Waals surface area contributed by atoms with Gasteiger partial charge in [0.1, 0.15) is 5.82 Å². The Morgan fingerprint density at radius 1 is 1.35 bits per heavy atom. The lowest BCUT2D eigenvalue weighted by molar-refractivity contribution is -0.0911. The Balaban J connectivity index is 1.79. The van der Waals surface area contributed by atoms with E-state index in [2.05, 4.69) is 11.0 Å². The number of morpholine rings is 1. The molecule has 1 aliphatic heterocycles. The summed E-state index contributed by atoms with van der Waals surface area (Å²) in [7, 11) is 0. The molecule has 4 heteroatoms. The van der Waals surface area contributed by atoms with E-state index in [9.17, 15) is 4.39 Å². The largest absolute Gasteiger partial charge is 0.375 e. The maximum Gasteiger partial charge on any atom is 0.123 e. The smallest absolute Gasteiger partial charge is 0.123 e. The molecule has 0 N–H and O–H groups in total. The van der Waals surface area contributed by atoms with Crippen molar-refractivity contribution < 1.29 is 9.13 Å². The molecule has 1 aliphatic carbocycles. The Hall–Kier alpha value is -1.44. The van der Waals surface area contributed by atoms with Crippen LogP contribution in [0.2, 0.25) is 0 Å². The van der Waals surface area contributed by atoms with Crippen LogP contribution in [0.15, 0.2) is 18.2 Å². The number of hydrogen-bond acceptors (Lipinski definition) is 3. The van der Waals surface area contributed by atoms with Gasteiger partial charge in [0.05, 0.1) is 24.3 Å². The van der Waals surface area contributed by atoms with Crippen LogP contribution in [0.4, 0.5) is 4.39 Å². The first kappa shape index (κ1) is 13.5. The van der Waals surface area contributed by atoms with Gasteiger partial charge in [-0.2, -0.15) is 5.26 Å². The van der Waals surface area contributed by atoms with Crippen LogP contribution >= 0.6 is 0 Å². The lowest BCUT2D eigenvalue weighted by Crippen LogP contribution is -2.52. The van der Waals surface area contributed by atoms with Gasteiger partial charge in [-0.15, -0.1) is 0 Å². The molecule has 1 saturated heterocycles. The highest BCUT2D eigenvalue weighted by atomic mass is 19.1. The van der Waals surface area contributed by atoms with Crippen LogP contribution in [0.1, 0.15) is 36.8 Å². The Kier molecular flexibility index (Phi) is 4.00. The maximum atomic E-state index is 13.4. The Bertz CT molecular complexity index is 524. The van der Waals surface area contributed by atoms with E-state index >= 15 is 0 Å². The molecule has 0 aromatic heterocycles. The molecule has 2 unspecified atom stereocenters. The minimum absolute atomic E-state index is 0.271. The summed E-state index contributed by atoms with van der Waals surface area (Å²) in [4.78, 5) is 2.36. The molecule has 1 heterocycles. The third-order valence-corrected chi connectivity index (χ3v) is 4.41. The summed E-state index contributed by atoms with van der Waals surface area (Å²) in [5, 5.41) is 9.16. The van der Waals surface area contributed by atoms with Crippen LogP contribution in [0.5, 0.6) is 0 Å². The summed E-state index contributed by atoms with van der Waals surface area (Å²) in [5.41, 5.74) is 1.36. The van der Waals surface area contributed by atoms with E-state index in [1.165, 1.54) is 25.0 Å². The molecular formula is C16H19FN2O. The van der Waals surface area contributed by atoms with Crippen LogP contribution in [0.25, 0.3) is 0 Å². The van der Waals surface area contributed by atoms with Crippen molar-refractivity contribution in [3.63, 3.8) is 0 Å². The lowest BCUT2D eigenvalue weighted by Gasteiger charge is -2.44. The first-order valence-corrected chi connectivity index (χ1v) is 7.32. The van der Waals surface area contributed by atoms with Crippen molar-refractivity contribution in [3.8, 4) is 6.07 Å². The zero-order chi connectivity index (χ0) is 13.9. The molecule has 1 aromatic carbocycles. The summed E-state index contributed by atoms with van der Waals surface area (Å²) in [5.74, 6) is -0.271. The summed E-state index contributed by atoms with van der Waals surface area (Å²) < 4.78 is 19.3. The van der Waals surface area contributed by atoms with Crippen LogP contribution in [-0.2, 0) is 11.3 Å². The molecule has 3 rings (SSSR count). The number of fused-ring (bicyclic) bond motifs is 1. The highest BCUT2D eigenvalue weighted by molar-refractivity contribution is 5.37. The summed E-state index contributed by atoms with van der Waals surface area (Å²) in [6.45, 7) is 2.24. The maximum absolute atomic E-state index is 13.4. The zero-order valence-corrected chi connectivity index (χ0v) is 11.5. The molecule has 20 heavy (non-hydrogen) atoms. The molecule has 1 saturated carbocycles. The molecule has 0 bridgehead atoms. The lowest BCUT2D eigenvalue weighted by atomic mass is 9.89. The fraction of sp³-hybridized carbons (Fsp3) is 0.562. The third kappa shape index (κ3) is 2.70. The standard InChI is InChI=1S/C16H19FN2O/c17-14-6-5-12(10-18)13(9-14)11-19-7-8-20-16-4-2-1-3-15(16)19/h5-6,9,15-16H,1-4,7-8,11H2. The number of nitriles is 1. The Labute approximate surface area is 119 Å². The number of hydrogen-bond donors (Lipinski definition) is 0. The molecule has 3 nitrogen and oxygen atoms in total. The van der Waals surface area contributed by atoms with Gasteiger partial charge in [0.15, 0.2) is 0 Å². The molecule has 0 spiro atoms. The highest BCUT2D eigenvalue weighted by Gasteiger charge is 2.34. The van der Waals surface area contributed by atoms with E-state index in [0.29, 0.717) is 24.3 Å². The predicted octanol–water partition coefficient (Wildman–Crippen LogP) is 2.84. The quantitative estimate of drug-likeness (QED) is 0.832. The van der Waals surface area contributed by atoms with Crippen LogP contribution in [0.3, 0.4) is 0 Å². The molecule has 1 aromatic rings. The average Bonchev–Trinajstić information content (AvgIpc) is 2.48. The zero-order valence-electron chi connectivity index (χ0n) is 11.5. The van der Waals surface area contributed by atoms with Gasteiger partial charge in [-0.25, -0.2) is 4.39 Å². The van der Waals surface area contributed by atoms with E-state index in [1.54, 1.807) is 6.07 Å².